The highest BCUT2D eigenvalue weighted by atomic mass is 19.1. The van der Waals surface area contributed by atoms with Gasteiger partial charge in [0.25, 0.3) is 0 Å². The zero-order valence-corrected chi connectivity index (χ0v) is 12.9. The lowest BCUT2D eigenvalue weighted by atomic mass is 9.95. The molecule has 4 unspecified atom stereocenters. The lowest BCUT2D eigenvalue weighted by molar-refractivity contribution is 0.102. The van der Waals surface area contributed by atoms with Gasteiger partial charge in [0.2, 0.25) is 0 Å². The number of aliphatic hydroxyl groups excluding tert-OH is 1. The van der Waals surface area contributed by atoms with Gasteiger partial charge in [0.1, 0.15) is 11.6 Å². The van der Waals surface area contributed by atoms with Crippen LogP contribution in [-0.2, 0) is 0 Å². The van der Waals surface area contributed by atoms with Crippen molar-refractivity contribution in [3.05, 3.63) is 35.4 Å². The average Bonchev–Trinajstić information content (AvgIpc) is 2.94. The number of nitrogens with one attached hydrogen (secondary N) is 1. The highest BCUT2D eigenvalue weighted by molar-refractivity contribution is 5.23. The number of rotatable bonds is 4. The fourth-order valence-electron chi connectivity index (χ4n) is 3.88. The van der Waals surface area contributed by atoms with Crippen LogP contribution >= 0.6 is 0 Å². The summed E-state index contributed by atoms with van der Waals surface area (Å²) in [4.78, 5) is 2.52. The molecule has 1 aromatic carbocycles. The van der Waals surface area contributed by atoms with E-state index in [1.165, 1.54) is 37.6 Å². The first-order valence-corrected chi connectivity index (χ1v) is 8.18. The second-order valence-electron chi connectivity index (χ2n) is 6.59. The Balaban J connectivity index is 1.63. The van der Waals surface area contributed by atoms with Crippen molar-refractivity contribution in [1.29, 1.82) is 0 Å². The molecule has 2 saturated heterocycles. The molecule has 3 rings (SSSR count). The van der Waals surface area contributed by atoms with E-state index in [-0.39, 0.29) is 11.6 Å². The van der Waals surface area contributed by atoms with Crippen LogP contribution in [0.4, 0.5) is 8.78 Å². The molecule has 0 spiro atoms. The minimum absolute atomic E-state index is 0.235. The van der Waals surface area contributed by atoms with Crippen LogP contribution in [0.3, 0.4) is 0 Å². The zero-order chi connectivity index (χ0) is 15.7. The van der Waals surface area contributed by atoms with E-state index >= 15 is 0 Å². The maximum Gasteiger partial charge on any atom is 0.132 e. The fraction of sp³-hybridized carbons (Fsp3) is 0.647. The first kappa shape index (κ1) is 15.8. The molecule has 0 saturated carbocycles. The summed E-state index contributed by atoms with van der Waals surface area (Å²) < 4.78 is 27.6. The molecule has 2 N–H and O–H groups in total. The lowest BCUT2D eigenvalue weighted by Gasteiger charge is -2.37. The molecule has 0 bridgehead atoms. The van der Waals surface area contributed by atoms with Gasteiger partial charge in [0, 0.05) is 18.1 Å². The maximum absolute atomic E-state index is 13.8. The molecule has 2 aliphatic heterocycles. The van der Waals surface area contributed by atoms with Crippen molar-refractivity contribution in [3.8, 4) is 0 Å². The molecular formula is C17H24F2N2O. The summed E-state index contributed by atoms with van der Waals surface area (Å²) in [6.07, 6.45) is 3.39. The Hall–Kier alpha value is -1.04. The molecule has 3 nitrogen and oxygen atoms in total. The third-order valence-electron chi connectivity index (χ3n) is 5.09. The minimum Gasteiger partial charge on any atom is -0.387 e. The lowest BCUT2D eigenvalue weighted by Crippen LogP contribution is -2.49. The molecule has 5 heteroatoms. The van der Waals surface area contributed by atoms with Crippen molar-refractivity contribution in [2.45, 2.75) is 56.8 Å². The fourth-order valence-corrected chi connectivity index (χ4v) is 3.88. The summed E-state index contributed by atoms with van der Waals surface area (Å²) in [5.74, 6) is -1.38. The molecule has 2 heterocycles. The van der Waals surface area contributed by atoms with Crippen molar-refractivity contribution in [3.63, 3.8) is 0 Å². The predicted molar refractivity (Wildman–Crippen MR) is 81.5 cm³/mol. The van der Waals surface area contributed by atoms with Gasteiger partial charge in [0.15, 0.2) is 0 Å². The normalized spacial score (nSPS) is 28.4. The van der Waals surface area contributed by atoms with E-state index in [1.54, 1.807) is 6.92 Å². The van der Waals surface area contributed by atoms with E-state index in [1.807, 2.05) is 0 Å². The topological polar surface area (TPSA) is 35.5 Å². The third-order valence-corrected chi connectivity index (χ3v) is 5.09. The monoisotopic (exact) mass is 310 g/mol. The highest BCUT2D eigenvalue weighted by Crippen LogP contribution is 2.29. The van der Waals surface area contributed by atoms with E-state index in [4.69, 9.17) is 0 Å². The summed E-state index contributed by atoms with van der Waals surface area (Å²) >= 11 is 0. The summed E-state index contributed by atoms with van der Waals surface area (Å²) in [7, 11) is 0. The Labute approximate surface area is 130 Å². The minimum atomic E-state index is -1.18. The molecule has 22 heavy (non-hydrogen) atoms. The molecule has 2 aliphatic rings. The van der Waals surface area contributed by atoms with Crippen LogP contribution in [0.1, 0.15) is 44.3 Å². The number of hydrogen-bond donors (Lipinski definition) is 2. The molecule has 0 amide bonds. The number of nitrogens with zero attached hydrogens (tertiary/aromatic N) is 1. The smallest absolute Gasteiger partial charge is 0.132 e. The van der Waals surface area contributed by atoms with Crippen LogP contribution in [0, 0.1) is 11.6 Å². The second-order valence-corrected chi connectivity index (χ2v) is 6.59. The van der Waals surface area contributed by atoms with E-state index in [0.717, 1.165) is 19.4 Å². The Morgan fingerprint density at radius 1 is 1.23 bits per heavy atom. The third kappa shape index (κ3) is 3.16. The van der Waals surface area contributed by atoms with Crippen molar-refractivity contribution in [1.82, 2.24) is 10.2 Å². The number of aliphatic hydroxyl groups is 1. The van der Waals surface area contributed by atoms with Gasteiger partial charge in [-0.05, 0) is 57.8 Å². The van der Waals surface area contributed by atoms with Gasteiger partial charge < -0.3 is 15.3 Å². The molecule has 1 aromatic rings. The molecule has 4 atom stereocenters. The number of hydrogen-bond acceptors (Lipinski definition) is 3. The molecule has 2 fully saturated rings. The van der Waals surface area contributed by atoms with Crippen LogP contribution in [-0.4, -0.2) is 41.2 Å². The van der Waals surface area contributed by atoms with Crippen LogP contribution in [0.5, 0.6) is 0 Å². The van der Waals surface area contributed by atoms with Gasteiger partial charge >= 0.3 is 0 Å². The summed E-state index contributed by atoms with van der Waals surface area (Å²) in [6, 6.07) is 4.23. The van der Waals surface area contributed by atoms with Crippen LogP contribution in [0.25, 0.3) is 0 Å². The standard InChI is InChI=1S/C17H24F2N2O/c1-11(17(22)16-14(18)5-2-6-15(16)19)20-12-7-9-21-8-3-4-13(21)10-12/h2,5-6,11-13,17,20,22H,3-4,7-10H2,1H3. The van der Waals surface area contributed by atoms with E-state index in [9.17, 15) is 13.9 Å². The maximum atomic E-state index is 13.8. The number of benzene rings is 1. The Morgan fingerprint density at radius 2 is 1.95 bits per heavy atom. The number of halogens is 2. The van der Waals surface area contributed by atoms with Gasteiger partial charge in [-0.3, -0.25) is 0 Å². The second kappa shape index (κ2) is 6.60. The van der Waals surface area contributed by atoms with Crippen LogP contribution < -0.4 is 5.32 Å². The number of fused-ring (bicyclic) bond motifs is 1. The average molecular weight is 310 g/mol. The zero-order valence-electron chi connectivity index (χ0n) is 12.9. The highest BCUT2D eigenvalue weighted by Gasteiger charge is 2.33. The van der Waals surface area contributed by atoms with Gasteiger partial charge in [-0.25, -0.2) is 8.78 Å². The largest absolute Gasteiger partial charge is 0.387 e. The Kier molecular flexibility index (Phi) is 4.76. The summed E-state index contributed by atoms with van der Waals surface area (Å²) in [5.41, 5.74) is -0.235. The van der Waals surface area contributed by atoms with Crippen molar-refractivity contribution >= 4 is 0 Å². The van der Waals surface area contributed by atoms with Gasteiger partial charge in [-0.15, -0.1) is 0 Å². The summed E-state index contributed by atoms with van der Waals surface area (Å²) in [5, 5.41) is 13.7. The molecule has 0 aromatic heterocycles. The molecular weight excluding hydrogens is 286 g/mol. The van der Waals surface area contributed by atoms with Crippen molar-refractivity contribution in [2.75, 3.05) is 13.1 Å². The van der Waals surface area contributed by atoms with Crippen LogP contribution in [0.2, 0.25) is 0 Å². The predicted octanol–water partition coefficient (Wildman–Crippen LogP) is 2.60. The molecule has 0 aliphatic carbocycles. The van der Waals surface area contributed by atoms with Gasteiger partial charge in [-0.1, -0.05) is 6.07 Å². The van der Waals surface area contributed by atoms with E-state index in [0.29, 0.717) is 12.1 Å². The number of piperidine rings is 1. The Bertz CT molecular complexity index is 505. The molecule has 0 radical (unpaired) electrons. The summed E-state index contributed by atoms with van der Waals surface area (Å²) in [6.45, 7) is 4.05. The first-order chi connectivity index (χ1) is 10.6. The van der Waals surface area contributed by atoms with Crippen LogP contribution in [0.15, 0.2) is 18.2 Å². The Morgan fingerprint density at radius 3 is 2.68 bits per heavy atom. The SMILES string of the molecule is CC(NC1CCN2CCCC2C1)C(O)c1c(F)cccc1F. The quantitative estimate of drug-likeness (QED) is 0.897. The van der Waals surface area contributed by atoms with Crippen molar-refractivity contribution < 1.29 is 13.9 Å². The van der Waals surface area contributed by atoms with E-state index < -0.39 is 17.7 Å². The first-order valence-electron chi connectivity index (χ1n) is 8.18. The molecule has 122 valence electrons. The van der Waals surface area contributed by atoms with Crippen molar-refractivity contribution in [2.24, 2.45) is 0 Å². The van der Waals surface area contributed by atoms with Gasteiger partial charge in [0.05, 0.1) is 11.7 Å². The van der Waals surface area contributed by atoms with E-state index in [2.05, 4.69) is 10.2 Å². The van der Waals surface area contributed by atoms with Gasteiger partial charge in [-0.2, -0.15) is 0 Å².